The van der Waals surface area contributed by atoms with Crippen molar-refractivity contribution in [1.29, 1.82) is 0 Å². The van der Waals surface area contributed by atoms with E-state index in [2.05, 4.69) is 11.6 Å². The molecule has 0 aromatic carbocycles. The Hall–Kier alpha value is -1.62. The van der Waals surface area contributed by atoms with Crippen molar-refractivity contribution in [1.82, 2.24) is 4.90 Å². The summed E-state index contributed by atoms with van der Waals surface area (Å²) in [4.78, 5) is 4.18. The van der Waals surface area contributed by atoms with E-state index in [1.165, 1.54) is 0 Å². The van der Waals surface area contributed by atoms with Crippen LogP contribution >= 0.6 is 0 Å². The molecule has 1 saturated heterocycles. The van der Waals surface area contributed by atoms with E-state index < -0.39 is 48.7 Å². The van der Waals surface area contributed by atoms with Gasteiger partial charge in [0.05, 0.1) is 0 Å². The van der Waals surface area contributed by atoms with Crippen molar-refractivity contribution in [2.45, 2.75) is 23.8 Å². The first-order chi connectivity index (χ1) is 9.69. The molecule has 0 bridgehead atoms. The molecule has 10 heteroatoms. The van der Waals surface area contributed by atoms with Crippen LogP contribution in [0.2, 0.25) is 0 Å². The molecular formula is C11H14F3N3O4. The summed E-state index contributed by atoms with van der Waals surface area (Å²) in [5, 5.41) is 28.7. The van der Waals surface area contributed by atoms with E-state index in [1.807, 2.05) is 0 Å². The number of aliphatic imine (C=N–C) groups is 1. The van der Waals surface area contributed by atoms with Gasteiger partial charge in [0.15, 0.2) is 29.6 Å². The van der Waals surface area contributed by atoms with Crippen LogP contribution in [0.3, 0.4) is 0 Å². The number of aliphatic hydroxyl groups is 3. The molecule has 0 aromatic heterocycles. The van der Waals surface area contributed by atoms with Crippen molar-refractivity contribution in [2.24, 2.45) is 10.7 Å². The van der Waals surface area contributed by atoms with Gasteiger partial charge in [0.25, 0.3) is 5.85 Å². The number of hydrogen-bond donors (Lipinski definition) is 4. The summed E-state index contributed by atoms with van der Waals surface area (Å²) in [5.41, 5.74) is 2.45. The van der Waals surface area contributed by atoms with Gasteiger partial charge in [-0.3, -0.25) is 0 Å². The van der Waals surface area contributed by atoms with Crippen LogP contribution in [0.5, 0.6) is 0 Å². The summed E-state index contributed by atoms with van der Waals surface area (Å²) in [6, 6.07) is 0. The van der Waals surface area contributed by atoms with Crippen molar-refractivity contribution in [3.8, 4) is 0 Å². The molecule has 0 aliphatic carbocycles. The molecule has 0 radical (unpaired) electrons. The van der Waals surface area contributed by atoms with E-state index in [1.54, 1.807) is 0 Å². The van der Waals surface area contributed by atoms with Crippen LogP contribution in [-0.4, -0.2) is 63.1 Å². The molecule has 0 aromatic rings. The van der Waals surface area contributed by atoms with Gasteiger partial charge in [0.1, 0.15) is 19.1 Å². The summed E-state index contributed by atoms with van der Waals surface area (Å²) in [6.07, 6.45) is -3.63. The zero-order valence-electron chi connectivity index (χ0n) is 10.7. The highest BCUT2D eigenvalue weighted by molar-refractivity contribution is 5.96. The van der Waals surface area contributed by atoms with E-state index >= 15 is 0 Å². The standard InChI is InChI=1S/C11H14F3N3O4/c1-5-16-7(15)6(13)2-17(5)9-10(20,3-12)8(19)11(14,4-18)21-9/h2,8-9,18-20H,1,3-4H2,(H2,15,16)/t8-,9-,10?,11-/m1/s1. The zero-order valence-corrected chi connectivity index (χ0v) is 10.7. The first kappa shape index (κ1) is 15.8. The van der Waals surface area contributed by atoms with Crippen molar-refractivity contribution in [3.63, 3.8) is 0 Å². The van der Waals surface area contributed by atoms with Gasteiger partial charge >= 0.3 is 0 Å². The number of hydrogen-bond acceptors (Lipinski definition) is 7. The molecule has 4 atom stereocenters. The van der Waals surface area contributed by atoms with E-state index in [0.29, 0.717) is 11.1 Å². The number of aliphatic hydroxyl groups excluding tert-OH is 2. The Morgan fingerprint density at radius 3 is 2.71 bits per heavy atom. The molecule has 0 saturated carbocycles. The molecule has 21 heavy (non-hydrogen) atoms. The van der Waals surface area contributed by atoms with Gasteiger partial charge in [-0.15, -0.1) is 0 Å². The second kappa shape index (κ2) is 4.98. The third-order valence-electron chi connectivity index (χ3n) is 3.34. The van der Waals surface area contributed by atoms with Gasteiger partial charge < -0.3 is 30.7 Å². The quantitative estimate of drug-likeness (QED) is 0.533. The third kappa shape index (κ3) is 2.20. The van der Waals surface area contributed by atoms with Gasteiger partial charge in [-0.05, 0) is 0 Å². The zero-order chi connectivity index (χ0) is 16.0. The Bertz CT molecular complexity index is 529. The summed E-state index contributed by atoms with van der Waals surface area (Å²) < 4.78 is 45.5. The number of alkyl halides is 2. The van der Waals surface area contributed by atoms with E-state index in [4.69, 9.17) is 15.6 Å². The molecule has 0 amide bonds. The second-order valence-corrected chi connectivity index (χ2v) is 4.74. The lowest BCUT2D eigenvalue weighted by molar-refractivity contribution is -0.209. The van der Waals surface area contributed by atoms with Gasteiger partial charge in [-0.2, -0.15) is 0 Å². The molecule has 2 aliphatic rings. The average Bonchev–Trinajstić information content (AvgIpc) is 2.66. The number of ether oxygens (including phenoxy) is 1. The lowest BCUT2D eigenvalue weighted by atomic mass is 9.94. The fourth-order valence-electron chi connectivity index (χ4n) is 2.14. The van der Waals surface area contributed by atoms with Crippen molar-refractivity contribution >= 4 is 5.84 Å². The molecule has 7 nitrogen and oxygen atoms in total. The highest BCUT2D eigenvalue weighted by atomic mass is 19.2. The number of rotatable bonds is 3. The summed E-state index contributed by atoms with van der Waals surface area (Å²) in [5.74, 6) is -4.93. The largest absolute Gasteiger partial charge is 0.390 e. The molecular weight excluding hydrogens is 295 g/mol. The van der Waals surface area contributed by atoms with Gasteiger partial charge in [-0.1, -0.05) is 6.58 Å². The lowest BCUT2D eigenvalue weighted by Crippen LogP contribution is -2.56. The van der Waals surface area contributed by atoms with E-state index in [-0.39, 0.29) is 5.82 Å². The van der Waals surface area contributed by atoms with Crippen molar-refractivity contribution in [3.05, 3.63) is 24.4 Å². The summed E-state index contributed by atoms with van der Waals surface area (Å²) in [7, 11) is 0. The smallest absolute Gasteiger partial charge is 0.263 e. The number of amidine groups is 1. The molecule has 118 valence electrons. The monoisotopic (exact) mass is 309 g/mol. The topological polar surface area (TPSA) is 112 Å². The predicted octanol–water partition coefficient (Wildman–Crippen LogP) is -0.983. The van der Waals surface area contributed by atoms with Crippen molar-refractivity contribution < 1.29 is 33.2 Å². The lowest BCUT2D eigenvalue weighted by Gasteiger charge is -2.36. The first-order valence-corrected chi connectivity index (χ1v) is 5.82. The average molecular weight is 309 g/mol. The fourth-order valence-corrected chi connectivity index (χ4v) is 2.14. The molecule has 1 fully saturated rings. The number of halogens is 3. The molecule has 2 aliphatic heterocycles. The third-order valence-corrected chi connectivity index (χ3v) is 3.34. The molecule has 2 rings (SSSR count). The molecule has 1 unspecified atom stereocenters. The van der Waals surface area contributed by atoms with E-state index in [9.17, 15) is 23.4 Å². The van der Waals surface area contributed by atoms with Crippen LogP contribution in [-0.2, 0) is 4.74 Å². The highest BCUT2D eigenvalue weighted by Gasteiger charge is 2.66. The van der Waals surface area contributed by atoms with E-state index in [0.717, 1.165) is 0 Å². The van der Waals surface area contributed by atoms with Crippen molar-refractivity contribution in [2.75, 3.05) is 13.3 Å². The maximum atomic E-state index is 14.1. The Morgan fingerprint density at radius 2 is 2.19 bits per heavy atom. The summed E-state index contributed by atoms with van der Waals surface area (Å²) >= 11 is 0. The number of nitrogens with zero attached hydrogens (tertiary/aromatic N) is 2. The van der Waals surface area contributed by atoms with Crippen LogP contribution in [0.1, 0.15) is 0 Å². The minimum atomic E-state index is -3.12. The minimum absolute atomic E-state index is 0.264. The normalized spacial score (nSPS) is 40.3. The van der Waals surface area contributed by atoms with Gasteiger partial charge in [-0.25, -0.2) is 18.2 Å². The van der Waals surface area contributed by atoms with Crippen LogP contribution in [0.15, 0.2) is 29.4 Å². The first-order valence-electron chi connectivity index (χ1n) is 5.82. The SMILES string of the molecule is C=C1N=C(N)C(F)=CN1[C@@H]1O[C@](F)(CO)[C@H](O)C1(O)CF. The Balaban J connectivity index is 2.42. The second-order valence-electron chi connectivity index (χ2n) is 4.74. The molecule has 2 heterocycles. The van der Waals surface area contributed by atoms with Crippen LogP contribution in [0, 0.1) is 0 Å². The summed E-state index contributed by atoms with van der Waals surface area (Å²) in [6.45, 7) is 0.426. The Morgan fingerprint density at radius 1 is 1.57 bits per heavy atom. The Kier molecular flexibility index (Phi) is 3.74. The van der Waals surface area contributed by atoms with Gasteiger partial charge in [0.2, 0.25) is 0 Å². The number of nitrogens with two attached hydrogens (primary N) is 1. The minimum Gasteiger partial charge on any atom is -0.390 e. The van der Waals surface area contributed by atoms with Crippen LogP contribution in [0.4, 0.5) is 13.2 Å². The molecule has 0 spiro atoms. The maximum absolute atomic E-state index is 14.1. The van der Waals surface area contributed by atoms with Crippen LogP contribution < -0.4 is 5.73 Å². The highest BCUT2D eigenvalue weighted by Crippen LogP contribution is 2.43. The molecule has 5 N–H and O–H groups in total. The van der Waals surface area contributed by atoms with Crippen LogP contribution in [0.25, 0.3) is 0 Å². The Labute approximate surface area is 117 Å². The predicted molar refractivity (Wildman–Crippen MR) is 64.5 cm³/mol. The fraction of sp³-hybridized carbons (Fsp3) is 0.545. The van der Waals surface area contributed by atoms with Gasteiger partial charge in [0, 0.05) is 6.20 Å². The maximum Gasteiger partial charge on any atom is 0.263 e.